The Balaban J connectivity index is 1.60. The maximum Gasteiger partial charge on any atom is 0.416 e. The van der Waals surface area contributed by atoms with Crippen LogP contribution >= 0.6 is 0 Å². The standard InChI is InChI=1S/C23H28F3N5O/c1-15-7-10-30(11-8-15)22-27-19-9-12-31(14-18(19)20(28-22)29(2)3)21(32)16-5-4-6-17(13-16)23(24,25)26/h4-6,13,15H,7-12,14H2,1-3H3. The highest BCUT2D eigenvalue weighted by molar-refractivity contribution is 5.94. The molecule has 1 aromatic heterocycles. The molecule has 9 heteroatoms. The summed E-state index contributed by atoms with van der Waals surface area (Å²) in [6.07, 6.45) is -1.73. The maximum absolute atomic E-state index is 13.1. The Labute approximate surface area is 186 Å². The molecule has 0 aliphatic carbocycles. The molecule has 2 aromatic rings. The topological polar surface area (TPSA) is 52.6 Å². The van der Waals surface area contributed by atoms with Crippen LogP contribution in [-0.4, -0.2) is 54.5 Å². The van der Waals surface area contributed by atoms with Gasteiger partial charge in [0.2, 0.25) is 5.95 Å². The Morgan fingerprint density at radius 2 is 1.84 bits per heavy atom. The van der Waals surface area contributed by atoms with Crippen LogP contribution in [0.2, 0.25) is 0 Å². The fourth-order valence-electron chi connectivity index (χ4n) is 4.29. The van der Waals surface area contributed by atoms with Crippen molar-refractivity contribution in [3.63, 3.8) is 0 Å². The largest absolute Gasteiger partial charge is 0.416 e. The smallest absolute Gasteiger partial charge is 0.362 e. The van der Waals surface area contributed by atoms with Crippen molar-refractivity contribution in [2.24, 2.45) is 5.92 Å². The summed E-state index contributed by atoms with van der Waals surface area (Å²) in [6, 6.07) is 4.59. The van der Waals surface area contributed by atoms with Gasteiger partial charge in [0.15, 0.2) is 0 Å². The van der Waals surface area contributed by atoms with Crippen LogP contribution in [0.25, 0.3) is 0 Å². The number of piperidine rings is 1. The summed E-state index contributed by atoms with van der Waals surface area (Å²) in [4.78, 5) is 28.3. The Bertz CT molecular complexity index is 1000. The summed E-state index contributed by atoms with van der Waals surface area (Å²) >= 11 is 0. The van der Waals surface area contributed by atoms with Crippen LogP contribution in [0.3, 0.4) is 0 Å². The first-order chi connectivity index (χ1) is 15.1. The first-order valence-electron chi connectivity index (χ1n) is 10.9. The molecule has 172 valence electrons. The lowest BCUT2D eigenvalue weighted by Gasteiger charge is -2.34. The number of alkyl halides is 3. The molecule has 0 atom stereocenters. The molecule has 0 N–H and O–H groups in total. The Kier molecular flexibility index (Phi) is 6.01. The number of aromatic nitrogens is 2. The van der Waals surface area contributed by atoms with Gasteiger partial charge in [0, 0.05) is 51.3 Å². The second kappa shape index (κ2) is 8.60. The summed E-state index contributed by atoms with van der Waals surface area (Å²) in [5.74, 6) is 1.76. The van der Waals surface area contributed by atoms with Gasteiger partial charge in [-0.15, -0.1) is 0 Å². The highest BCUT2D eigenvalue weighted by atomic mass is 19.4. The normalized spacial score (nSPS) is 17.3. The second-order valence-electron chi connectivity index (χ2n) is 8.89. The molecule has 0 unspecified atom stereocenters. The molecule has 0 radical (unpaired) electrons. The lowest BCUT2D eigenvalue weighted by Crippen LogP contribution is -2.39. The van der Waals surface area contributed by atoms with Crippen molar-refractivity contribution in [1.82, 2.24) is 14.9 Å². The third-order valence-electron chi connectivity index (χ3n) is 6.24. The van der Waals surface area contributed by atoms with E-state index in [4.69, 9.17) is 9.97 Å². The summed E-state index contributed by atoms with van der Waals surface area (Å²) < 4.78 is 39.2. The molecule has 1 saturated heterocycles. The average Bonchev–Trinajstić information content (AvgIpc) is 2.77. The lowest BCUT2D eigenvalue weighted by atomic mass is 9.99. The first-order valence-corrected chi connectivity index (χ1v) is 10.9. The van der Waals surface area contributed by atoms with E-state index in [1.165, 1.54) is 12.1 Å². The SMILES string of the molecule is CC1CCN(c2nc3c(c(N(C)C)n2)CN(C(=O)c2cccc(C(F)(F)F)c2)CC3)CC1. The van der Waals surface area contributed by atoms with Crippen molar-refractivity contribution in [1.29, 1.82) is 0 Å². The van der Waals surface area contributed by atoms with E-state index in [0.717, 1.165) is 61.1 Å². The van der Waals surface area contributed by atoms with E-state index in [2.05, 4.69) is 11.8 Å². The number of rotatable bonds is 3. The fourth-order valence-corrected chi connectivity index (χ4v) is 4.29. The summed E-state index contributed by atoms with van der Waals surface area (Å²) in [7, 11) is 3.80. The van der Waals surface area contributed by atoms with Crippen LogP contribution < -0.4 is 9.80 Å². The zero-order valence-electron chi connectivity index (χ0n) is 18.6. The molecule has 2 aliphatic rings. The van der Waals surface area contributed by atoms with Crippen molar-refractivity contribution in [3.8, 4) is 0 Å². The van der Waals surface area contributed by atoms with E-state index in [1.54, 1.807) is 4.90 Å². The van der Waals surface area contributed by atoms with Gasteiger partial charge in [-0.3, -0.25) is 4.79 Å². The van der Waals surface area contributed by atoms with Crippen molar-refractivity contribution in [3.05, 3.63) is 46.6 Å². The van der Waals surface area contributed by atoms with Crippen LogP contribution in [-0.2, 0) is 19.1 Å². The molecule has 6 nitrogen and oxygen atoms in total. The summed E-state index contributed by atoms with van der Waals surface area (Å²) in [5, 5.41) is 0. The van der Waals surface area contributed by atoms with E-state index >= 15 is 0 Å². The van der Waals surface area contributed by atoms with Crippen LogP contribution in [0.5, 0.6) is 0 Å². The predicted molar refractivity (Wildman–Crippen MR) is 117 cm³/mol. The number of nitrogens with zero attached hydrogens (tertiary/aromatic N) is 5. The Hall–Kier alpha value is -2.84. The molecule has 2 aliphatic heterocycles. The number of carbonyl (C=O) groups excluding carboxylic acids is 1. The lowest BCUT2D eigenvalue weighted by molar-refractivity contribution is -0.137. The minimum atomic E-state index is -4.49. The zero-order chi connectivity index (χ0) is 23.0. The van der Waals surface area contributed by atoms with Gasteiger partial charge in [-0.05, 0) is 37.0 Å². The van der Waals surface area contributed by atoms with Crippen molar-refractivity contribution >= 4 is 17.7 Å². The van der Waals surface area contributed by atoms with Crippen LogP contribution in [0.4, 0.5) is 24.9 Å². The zero-order valence-corrected chi connectivity index (χ0v) is 18.6. The number of benzene rings is 1. The Morgan fingerprint density at radius 3 is 2.50 bits per heavy atom. The summed E-state index contributed by atoms with van der Waals surface area (Å²) in [5.41, 5.74) is 0.981. The number of hydrogen-bond acceptors (Lipinski definition) is 5. The van der Waals surface area contributed by atoms with Crippen molar-refractivity contribution in [2.75, 3.05) is 43.5 Å². The van der Waals surface area contributed by atoms with Gasteiger partial charge in [0.25, 0.3) is 5.91 Å². The monoisotopic (exact) mass is 447 g/mol. The number of carbonyl (C=O) groups is 1. The van der Waals surface area contributed by atoms with E-state index < -0.39 is 17.6 Å². The molecular weight excluding hydrogens is 419 g/mol. The highest BCUT2D eigenvalue weighted by Crippen LogP contribution is 2.32. The van der Waals surface area contributed by atoms with Crippen LogP contribution in [0, 0.1) is 5.92 Å². The quantitative estimate of drug-likeness (QED) is 0.712. The van der Waals surface area contributed by atoms with Crippen LogP contribution in [0.15, 0.2) is 24.3 Å². The average molecular weight is 448 g/mol. The fraction of sp³-hybridized carbons (Fsp3) is 0.522. The first kappa shape index (κ1) is 22.4. The number of amides is 1. The van der Waals surface area contributed by atoms with Gasteiger partial charge in [-0.1, -0.05) is 13.0 Å². The van der Waals surface area contributed by atoms with Gasteiger partial charge in [0.1, 0.15) is 5.82 Å². The minimum absolute atomic E-state index is 0.0367. The van der Waals surface area contributed by atoms with E-state index in [9.17, 15) is 18.0 Å². The van der Waals surface area contributed by atoms with Gasteiger partial charge < -0.3 is 14.7 Å². The van der Waals surface area contributed by atoms with Gasteiger partial charge in [-0.25, -0.2) is 4.98 Å². The molecule has 0 saturated carbocycles. The molecule has 4 rings (SSSR count). The maximum atomic E-state index is 13.1. The van der Waals surface area contributed by atoms with Gasteiger partial charge >= 0.3 is 6.18 Å². The third kappa shape index (κ3) is 4.52. The second-order valence-corrected chi connectivity index (χ2v) is 8.89. The number of hydrogen-bond donors (Lipinski definition) is 0. The third-order valence-corrected chi connectivity index (χ3v) is 6.24. The molecule has 1 aromatic carbocycles. The Morgan fingerprint density at radius 1 is 1.12 bits per heavy atom. The van der Waals surface area contributed by atoms with E-state index in [1.807, 2.05) is 19.0 Å². The summed E-state index contributed by atoms with van der Waals surface area (Å²) in [6.45, 7) is 4.78. The predicted octanol–water partition coefficient (Wildman–Crippen LogP) is 4.00. The van der Waals surface area contributed by atoms with E-state index in [-0.39, 0.29) is 12.1 Å². The van der Waals surface area contributed by atoms with Gasteiger partial charge in [-0.2, -0.15) is 18.2 Å². The minimum Gasteiger partial charge on any atom is -0.362 e. The molecule has 0 spiro atoms. The number of anilines is 2. The van der Waals surface area contributed by atoms with Gasteiger partial charge in [0.05, 0.1) is 17.8 Å². The van der Waals surface area contributed by atoms with Crippen molar-refractivity contribution < 1.29 is 18.0 Å². The highest BCUT2D eigenvalue weighted by Gasteiger charge is 2.32. The van der Waals surface area contributed by atoms with E-state index in [0.29, 0.717) is 18.9 Å². The molecule has 0 bridgehead atoms. The number of halogens is 3. The van der Waals surface area contributed by atoms with Crippen LogP contribution in [0.1, 0.15) is 46.9 Å². The molecule has 32 heavy (non-hydrogen) atoms. The number of fused-ring (bicyclic) bond motifs is 1. The molecule has 1 amide bonds. The van der Waals surface area contributed by atoms with Crippen molar-refractivity contribution in [2.45, 2.75) is 38.9 Å². The molecule has 1 fully saturated rings. The molecular formula is C23H28F3N5O. The molecule has 3 heterocycles.